The first-order chi connectivity index (χ1) is 9.38. The Balaban J connectivity index is 2.25. The molecule has 1 aromatic carbocycles. The number of halogens is 1. The molecule has 0 radical (unpaired) electrons. The SMILES string of the molecule is CC(O)C(NC(=O)c1cc2cc(F)ccc2s1)C(=O)O. The Morgan fingerprint density at radius 2 is 2.05 bits per heavy atom. The summed E-state index contributed by atoms with van der Waals surface area (Å²) in [4.78, 5) is 23.1. The van der Waals surface area contributed by atoms with Gasteiger partial charge in [0.25, 0.3) is 5.91 Å². The summed E-state index contributed by atoms with van der Waals surface area (Å²) in [6.07, 6.45) is -1.22. The number of hydrogen-bond donors (Lipinski definition) is 3. The Kier molecular flexibility index (Phi) is 4.01. The number of aliphatic hydroxyl groups excluding tert-OH is 1. The van der Waals surface area contributed by atoms with Crippen LogP contribution in [0.3, 0.4) is 0 Å². The van der Waals surface area contributed by atoms with E-state index in [4.69, 9.17) is 5.11 Å². The van der Waals surface area contributed by atoms with Crippen molar-refractivity contribution in [2.24, 2.45) is 0 Å². The molecule has 0 aliphatic rings. The van der Waals surface area contributed by atoms with Crippen molar-refractivity contribution in [2.75, 3.05) is 0 Å². The number of hydrogen-bond acceptors (Lipinski definition) is 4. The summed E-state index contributed by atoms with van der Waals surface area (Å²) in [5.41, 5.74) is 0. The minimum absolute atomic E-state index is 0.262. The number of aliphatic hydroxyl groups is 1. The summed E-state index contributed by atoms with van der Waals surface area (Å²) in [5.74, 6) is -2.34. The van der Waals surface area contributed by atoms with E-state index in [9.17, 15) is 19.1 Å². The van der Waals surface area contributed by atoms with Crippen LogP contribution in [0.25, 0.3) is 10.1 Å². The van der Waals surface area contributed by atoms with Gasteiger partial charge in [-0.2, -0.15) is 0 Å². The molecule has 2 atom stereocenters. The maximum atomic E-state index is 13.1. The highest BCUT2D eigenvalue weighted by Crippen LogP contribution is 2.26. The van der Waals surface area contributed by atoms with E-state index in [1.807, 2.05) is 0 Å². The van der Waals surface area contributed by atoms with Crippen molar-refractivity contribution in [3.63, 3.8) is 0 Å². The van der Waals surface area contributed by atoms with E-state index in [1.165, 1.54) is 25.1 Å². The van der Waals surface area contributed by atoms with Gasteiger partial charge in [-0.3, -0.25) is 4.79 Å². The number of benzene rings is 1. The molecule has 7 heteroatoms. The van der Waals surface area contributed by atoms with E-state index >= 15 is 0 Å². The van der Waals surface area contributed by atoms with Crippen molar-refractivity contribution in [2.45, 2.75) is 19.1 Å². The highest BCUT2D eigenvalue weighted by atomic mass is 32.1. The molecule has 3 N–H and O–H groups in total. The first-order valence-electron chi connectivity index (χ1n) is 5.79. The van der Waals surface area contributed by atoms with Gasteiger partial charge in [0.2, 0.25) is 0 Å². The third-order valence-electron chi connectivity index (χ3n) is 2.74. The van der Waals surface area contributed by atoms with Crippen LogP contribution >= 0.6 is 11.3 Å². The van der Waals surface area contributed by atoms with Crippen LogP contribution in [-0.2, 0) is 4.79 Å². The molecule has 0 bridgehead atoms. The second-order valence-electron chi connectivity index (χ2n) is 4.32. The Labute approximate surface area is 117 Å². The zero-order valence-electron chi connectivity index (χ0n) is 10.5. The molecular formula is C13H12FNO4S. The van der Waals surface area contributed by atoms with Crippen molar-refractivity contribution in [1.29, 1.82) is 0 Å². The number of amides is 1. The highest BCUT2D eigenvalue weighted by Gasteiger charge is 2.26. The molecule has 1 amide bonds. The number of nitrogens with one attached hydrogen (secondary N) is 1. The Hall–Kier alpha value is -1.99. The van der Waals surface area contributed by atoms with Crippen LogP contribution in [0, 0.1) is 5.82 Å². The molecule has 0 fully saturated rings. The number of carboxylic acids is 1. The van der Waals surface area contributed by atoms with Crippen molar-refractivity contribution in [3.8, 4) is 0 Å². The van der Waals surface area contributed by atoms with E-state index < -0.39 is 29.8 Å². The number of carbonyl (C=O) groups is 2. The standard InChI is InChI=1S/C13H12FNO4S/c1-6(16)11(13(18)19)15-12(17)10-5-7-4-8(14)2-3-9(7)20-10/h2-6,11,16H,1H3,(H,15,17)(H,18,19). The molecule has 2 rings (SSSR count). The number of fused-ring (bicyclic) bond motifs is 1. The van der Waals surface area contributed by atoms with Crippen molar-refractivity contribution in [1.82, 2.24) is 5.32 Å². The summed E-state index contributed by atoms with van der Waals surface area (Å²) in [6.45, 7) is 1.28. The van der Waals surface area contributed by atoms with Crippen molar-refractivity contribution in [3.05, 3.63) is 35.0 Å². The monoisotopic (exact) mass is 297 g/mol. The van der Waals surface area contributed by atoms with E-state index in [2.05, 4.69) is 5.32 Å². The number of thiophene rings is 1. The van der Waals surface area contributed by atoms with Crippen LogP contribution in [0.1, 0.15) is 16.6 Å². The minimum Gasteiger partial charge on any atom is -0.480 e. The molecule has 2 aromatic rings. The van der Waals surface area contributed by atoms with Gasteiger partial charge >= 0.3 is 5.97 Å². The summed E-state index contributed by atoms with van der Waals surface area (Å²) < 4.78 is 13.8. The molecule has 1 heterocycles. The Morgan fingerprint density at radius 3 is 2.65 bits per heavy atom. The number of rotatable bonds is 4. The van der Waals surface area contributed by atoms with Gasteiger partial charge in [-0.1, -0.05) is 0 Å². The van der Waals surface area contributed by atoms with E-state index in [1.54, 1.807) is 6.07 Å². The largest absolute Gasteiger partial charge is 0.480 e. The van der Waals surface area contributed by atoms with Crippen LogP contribution < -0.4 is 5.32 Å². The number of carboxylic acid groups (broad SMARTS) is 1. The predicted octanol–water partition coefficient (Wildman–Crippen LogP) is 1.60. The lowest BCUT2D eigenvalue weighted by Gasteiger charge is -2.16. The molecule has 106 valence electrons. The molecule has 0 saturated heterocycles. The molecule has 0 aliphatic carbocycles. The number of carbonyl (C=O) groups excluding carboxylic acids is 1. The van der Waals surface area contributed by atoms with Gasteiger partial charge < -0.3 is 15.5 Å². The second-order valence-corrected chi connectivity index (χ2v) is 5.41. The number of aliphatic carboxylic acids is 1. The predicted molar refractivity (Wildman–Crippen MR) is 72.4 cm³/mol. The average Bonchev–Trinajstić information content (AvgIpc) is 2.77. The molecule has 0 spiro atoms. The third kappa shape index (κ3) is 2.94. The van der Waals surface area contributed by atoms with Crippen LogP contribution in [0.15, 0.2) is 24.3 Å². The molecule has 20 heavy (non-hydrogen) atoms. The fourth-order valence-electron chi connectivity index (χ4n) is 1.73. The first-order valence-corrected chi connectivity index (χ1v) is 6.61. The Bertz CT molecular complexity index is 667. The zero-order chi connectivity index (χ0) is 14.9. The van der Waals surface area contributed by atoms with Crippen molar-refractivity contribution < 1.29 is 24.2 Å². The zero-order valence-corrected chi connectivity index (χ0v) is 11.3. The summed E-state index contributed by atoms with van der Waals surface area (Å²) in [7, 11) is 0. The summed E-state index contributed by atoms with van der Waals surface area (Å²) >= 11 is 1.13. The lowest BCUT2D eigenvalue weighted by atomic mass is 10.2. The molecule has 5 nitrogen and oxygen atoms in total. The maximum absolute atomic E-state index is 13.1. The molecule has 1 aromatic heterocycles. The van der Waals surface area contributed by atoms with E-state index in [0.29, 0.717) is 5.39 Å². The lowest BCUT2D eigenvalue weighted by Crippen LogP contribution is -2.47. The first kappa shape index (κ1) is 14.4. The topological polar surface area (TPSA) is 86.6 Å². The Morgan fingerprint density at radius 1 is 1.35 bits per heavy atom. The fraction of sp³-hybridized carbons (Fsp3) is 0.231. The molecular weight excluding hydrogens is 285 g/mol. The minimum atomic E-state index is -1.38. The van der Waals surface area contributed by atoms with Gasteiger partial charge in [0.1, 0.15) is 5.82 Å². The van der Waals surface area contributed by atoms with Gasteiger partial charge in [0.05, 0.1) is 11.0 Å². The molecule has 0 aliphatic heterocycles. The van der Waals surface area contributed by atoms with Gasteiger partial charge in [-0.05, 0) is 36.6 Å². The lowest BCUT2D eigenvalue weighted by molar-refractivity contribution is -0.141. The average molecular weight is 297 g/mol. The van der Waals surface area contributed by atoms with E-state index in [0.717, 1.165) is 16.0 Å². The van der Waals surface area contributed by atoms with E-state index in [-0.39, 0.29) is 4.88 Å². The van der Waals surface area contributed by atoms with Gasteiger partial charge in [0, 0.05) is 4.70 Å². The van der Waals surface area contributed by atoms with Gasteiger partial charge in [0.15, 0.2) is 6.04 Å². The van der Waals surface area contributed by atoms with Gasteiger partial charge in [-0.15, -0.1) is 11.3 Å². The molecule has 2 unspecified atom stereocenters. The van der Waals surface area contributed by atoms with Crippen LogP contribution in [0.4, 0.5) is 4.39 Å². The quantitative estimate of drug-likeness (QED) is 0.800. The fourth-order valence-corrected chi connectivity index (χ4v) is 2.67. The van der Waals surface area contributed by atoms with Crippen LogP contribution in [0.5, 0.6) is 0 Å². The normalized spacial score (nSPS) is 13.9. The van der Waals surface area contributed by atoms with Gasteiger partial charge in [-0.25, -0.2) is 9.18 Å². The van der Waals surface area contributed by atoms with Crippen LogP contribution in [-0.4, -0.2) is 34.2 Å². The second kappa shape index (κ2) is 5.56. The van der Waals surface area contributed by atoms with Crippen LogP contribution in [0.2, 0.25) is 0 Å². The smallest absolute Gasteiger partial charge is 0.328 e. The highest BCUT2D eigenvalue weighted by molar-refractivity contribution is 7.20. The molecule has 0 saturated carbocycles. The van der Waals surface area contributed by atoms with Crippen molar-refractivity contribution >= 4 is 33.3 Å². The summed E-state index contributed by atoms with van der Waals surface area (Å²) in [5, 5.41) is 21.0. The maximum Gasteiger partial charge on any atom is 0.328 e. The summed E-state index contributed by atoms with van der Waals surface area (Å²) in [6, 6.07) is 4.24. The third-order valence-corrected chi connectivity index (χ3v) is 3.85.